The molecule has 7 heavy (non-hydrogen) atoms. The molecule has 0 unspecified atom stereocenters. The molecule has 3 heteroatoms. The molecule has 0 fully saturated rings. The van der Waals surface area contributed by atoms with Crippen molar-refractivity contribution in [1.82, 2.24) is 0 Å². The second-order valence-corrected chi connectivity index (χ2v) is 2.25. The second kappa shape index (κ2) is 3.63. The Morgan fingerprint density at radius 2 is 2.43 bits per heavy atom. The van der Waals surface area contributed by atoms with Gasteiger partial charge in [0.25, 0.3) is 0 Å². The van der Waals surface area contributed by atoms with Crippen molar-refractivity contribution >= 4 is 32.3 Å². The molecule has 0 rings (SSSR count). The van der Waals surface area contributed by atoms with Gasteiger partial charge in [0.2, 0.25) is 0 Å². The SMILES string of the molecule is C#CN=S(=C)=C=S. The van der Waals surface area contributed by atoms with Gasteiger partial charge in [-0.15, -0.1) is 4.36 Å². The summed E-state index contributed by atoms with van der Waals surface area (Å²) >= 11 is 4.35. The highest BCUT2D eigenvalue weighted by atomic mass is 32.2. The Kier molecular flexibility index (Phi) is 3.35. The summed E-state index contributed by atoms with van der Waals surface area (Å²) in [4.78, 5) is 0. The Balaban J connectivity index is 4.84. The van der Waals surface area contributed by atoms with Crippen molar-refractivity contribution in [3.05, 3.63) is 0 Å². The van der Waals surface area contributed by atoms with Crippen LogP contribution in [0.1, 0.15) is 0 Å². The monoisotopic (exact) mass is 129 g/mol. The van der Waals surface area contributed by atoms with Crippen molar-refractivity contribution in [2.24, 2.45) is 4.36 Å². The van der Waals surface area contributed by atoms with E-state index in [1.165, 1.54) is 0 Å². The van der Waals surface area contributed by atoms with Crippen LogP contribution in [0.3, 0.4) is 0 Å². The maximum absolute atomic E-state index is 4.77. The van der Waals surface area contributed by atoms with Crippen molar-refractivity contribution in [3.8, 4) is 12.5 Å². The molecule has 36 valence electrons. The molecule has 1 nitrogen and oxygen atoms in total. The van der Waals surface area contributed by atoms with Crippen molar-refractivity contribution in [3.63, 3.8) is 0 Å². The van der Waals surface area contributed by atoms with E-state index >= 15 is 0 Å². The third kappa shape index (κ3) is 3.28. The molecule has 0 saturated carbocycles. The Morgan fingerprint density at radius 1 is 1.86 bits per heavy atom. The predicted octanol–water partition coefficient (Wildman–Crippen LogP) is 0.645. The molecule has 0 atom stereocenters. The molecule has 0 saturated heterocycles. The highest BCUT2D eigenvalue weighted by molar-refractivity contribution is 7.95. The molecular weight excluding hydrogens is 126 g/mol. The van der Waals surface area contributed by atoms with Crippen LogP contribution in [-0.2, 0) is 9.87 Å². The fourth-order valence-corrected chi connectivity index (χ4v) is 0.359. The standard InChI is InChI=1S/C4H3NS2/c1-3-5-7(2)4-6/h1H,2H2. The minimum absolute atomic E-state index is 0.573. The number of hydrogen-bond donors (Lipinski definition) is 0. The van der Waals surface area contributed by atoms with Gasteiger partial charge in [-0.05, 0) is 28.0 Å². The largest absolute Gasteiger partial charge is 0.144 e. The molecule has 0 aromatic rings. The van der Waals surface area contributed by atoms with Gasteiger partial charge in [-0.2, -0.15) is 0 Å². The van der Waals surface area contributed by atoms with E-state index in [4.69, 9.17) is 6.42 Å². The quantitative estimate of drug-likeness (QED) is 0.345. The van der Waals surface area contributed by atoms with E-state index < -0.39 is 9.87 Å². The molecule has 0 aliphatic rings. The van der Waals surface area contributed by atoms with Gasteiger partial charge in [0.05, 0.1) is 0 Å². The third-order valence-corrected chi connectivity index (χ3v) is 1.35. The molecule has 0 aliphatic carbocycles. The summed E-state index contributed by atoms with van der Waals surface area (Å²) in [5.41, 5.74) is 0. The van der Waals surface area contributed by atoms with Crippen LogP contribution >= 0.6 is 12.2 Å². The first kappa shape index (κ1) is 6.45. The summed E-state index contributed by atoms with van der Waals surface area (Å²) in [7, 11) is -0.573. The van der Waals surface area contributed by atoms with Crippen LogP contribution in [0.25, 0.3) is 0 Å². The van der Waals surface area contributed by atoms with Gasteiger partial charge in [-0.3, -0.25) is 0 Å². The predicted molar refractivity (Wildman–Crippen MR) is 38.3 cm³/mol. The zero-order valence-corrected chi connectivity index (χ0v) is 5.18. The smallest absolute Gasteiger partial charge is 0.0436 e. The van der Waals surface area contributed by atoms with Crippen LogP contribution in [0.5, 0.6) is 0 Å². The van der Waals surface area contributed by atoms with Gasteiger partial charge in [0.15, 0.2) is 0 Å². The normalized spacial score (nSPS) is 5.57. The van der Waals surface area contributed by atoms with Crippen molar-refractivity contribution < 1.29 is 0 Å². The van der Waals surface area contributed by atoms with Gasteiger partial charge in [0, 0.05) is 10.4 Å². The summed E-state index contributed by atoms with van der Waals surface area (Å²) in [5, 5.41) is 0. The van der Waals surface area contributed by atoms with E-state index in [9.17, 15) is 0 Å². The summed E-state index contributed by atoms with van der Waals surface area (Å²) in [6.07, 6.45) is 4.77. The minimum Gasteiger partial charge on any atom is -0.144 e. The number of thiocarbonyl (C=S) groups is 1. The van der Waals surface area contributed by atoms with Crippen molar-refractivity contribution in [1.29, 1.82) is 0 Å². The van der Waals surface area contributed by atoms with Crippen LogP contribution in [0.15, 0.2) is 4.36 Å². The van der Waals surface area contributed by atoms with E-state index in [2.05, 4.69) is 32.8 Å². The van der Waals surface area contributed by atoms with Gasteiger partial charge in [-0.25, -0.2) is 0 Å². The Hall–Kier alpha value is -0.550. The van der Waals surface area contributed by atoms with Gasteiger partial charge in [-0.1, -0.05) is 6.42 Å². The summed E-state index contributed by atoms with van der Waals surface area (Å²) in [6, 6.07) is 2.06. The fourth-order valence-electron chi connectivity index (χ4n) is 0.0823. The lowest BCUT2D eigenvalue weighted by molar-refractivity contribution is 1.81. The molecule has 0 radical (unpaired) electrons. The first-order chi connectivity index (χ1) is 3.31. The molecule has 0 bridgehead atoms. The fraction of sp³-hybridized carbons (Fsp3) is 0. The topological polar surface area (TPSA) is 12.4 Å². The van der Waals surface area contributed by atoms with Crippen molar-refractivity contribution in [2.45, 2.75) is 0 Å². The van der Waals surface area contributed by atoms with E-state index in [1.807, 2.05) is 0 Å². The molecule has 0 aromatic heterocycles. The highest BCUT2D eigenvalue weighted by Crippen LogP contribution is 1.53. The Morgan fingerprint density at radius 3 is 2.57 bits per heavy atom. The highest BCUT2D eigenvalue weighted by Gasteiger charge is 1.44. The average molecular weight is 129 g/mol. The lowest BCUT2D eigenvalue weighted by Crippen LogP contribution is -1.49. The maximum atomic E-state index is 4.77. The third-order valence-electron chi connectivity index (χ3n) is 0.259. The Labute approximate surface area is 49.6 Å². The minimum atomic E-state index is -0.573. The molecule has 0 amide bonds. The maximum Gasteiger partial charge on any atom is 0.0436 e. The molecule has 0 heterocycles. The summed E-state index contributed by atoms with van der Waals surface area (Å²) in [6.45, 7) is 0. The van der Waals surface area contributed by atoms with Crippen LogP contribution in [0.2, 0.25) is 0 Å². The second-order valence-electron chi connectivity index (χ2n) is 0.668. The number of rotatable bonds is 0. The molecule has 0 spiro atoms. The van der Waals surface area contributed by atoms with Crippen LogP contribution in [0, 0.1) is 12.5 Å². The van der Waals surface area contributed by atoms with Crippen LogP contribution in [0.4, 0.5) is 0 Å². The molecular formula is C4H3NS2. The Bertz CT molecular complexity index is 235. The zero-order valence-electron chi connectivity index (χ0n) is 3.55. The number of hydrogen-bond acceptors (Lipinski definition) is 2. The number of terminal acetylenes is 1. The summed E-state index contributed by atoms with van der Waals surface area (Å²) in [5.74, 6) is 3.45. The average Bonchev–Trinajstić information content (AvgIpc) is 1.68. The molecule has 0 N–H and O–H groups in total. The van der Waals surface area contributed by atoms with E-state index in [-0.39, 0.29) is 0 Å². The van der Waals surface area contributed by atoms with Crippen molar-refractivity contribution in [2.75, 3.05) is 0 Å². The van der Waals surface area contributed by atoms with Gasteiger partial charge >= 0.3 is 0 Å². The van der Waals surface area contributed by atoms with Crippen LogP contribution < -0.4 is 0 Å². The first-order valence-electron chi connectivity index (χ1n) is 1.39. The summed E-state index contributed by atoms with van der Waals surface area (Å²) < 4.78 is 5.83. The number of nitrogens with zero attached hydrogens (tertiary/aromatic N) is 1. The van der Waals surface area contributed by atoms with E-state index in [0.717, 1.165) is 0 Å². The zero-order chi connectivity index (χ0) is 5.70. The van der Waals surface area contributed by atoms with Gasteiger partial charge < -0.3 is 0 Å². The van der Waals surface area contributed by atoms with Crippen LogP contribution in [-0.4, -0.2) is 10.2 Å². The van der Waals surface area contributed by atoms with E-state index in [0.29, 0.717) is 0 Å². The lowest BCUT2D eigenvalue weighted by Gasteiger charge is -1.54. The molecule has 0 aromatic carbocycles. The molecule has 0 aliphatic heterocycles. The van der Waals surface area contributed by atoms with E-state index in [1.54, 1.807) is 0 Å². The first-order valence-corrected chi connectivity index (χ1v) is 3.15. The van der Waals surface area contributed by atoms with Gasteiger partial charge in [0.1, 0.15) is 0 Å². The lowest BCUT2D eigenvalue weighted by atomic mass is 11.2.